The minimum Gasteiger partial charge on any atom is -0.461 e. The van der Waals surface area contributed by atoms with E-state index in [2.05, 4.69) is 23.2 Å². The van der Waals surface area contributed by atoms with E-state index in [0.717, 1.165) is 12.1 Å². The quantitative estimate of drug-likeness (QED) is 0.562. The molecule has 2 atom stereocenters. The molecule has 0 unspecified atom stereocenters. The molecule has 0 aliphatic carbocycles. The van der Waals surface area contributed by atoms with Gasteiger partial charge in [0.2, 0.25) is 16.9 Å². The second kappa shape index (κ2) is 6.53. The number of aromatic nitrogens is 3. The molecule has 0 bridgehead atoms. The summed E-state index contributed by atoms with van der Waals surface area (Å²) in [6.07, 6.45) is 2.42. The lowest BCUT2D eigenvalue weighted by Gasteiger charge is -2.25. The van der Waals surface area contributed by atoms with Gasteiger partial charge in [0.25, 0.3) is 0 Å². The molecule has 0 saturated carbocycles. The number of amides is 1. The van der Waals surface area contributed by atoms with Crippen molar-refractivity contribution >= 4 is 23.4 Å². The lowest BCUT2D eigenvalue weighted by Crippen LogP contribution is -2.40. The number of thioether (sulfide) groups is 1. The molecular weight excluding hydrogens is 350 g/mol. The monoisotopic (exact) mass is 369 g/mol. The van der Waals surface area contributed by atoms with Crippen molar-refractivity contribution in [3.8, 4) is 11.6 Å². The summed E-state index contributed by atoms with van der Waals surface area (Å²) in [7, 11) is 0. The number of fused-ring (bicyclic) bond motifs is 1. The van der Waals surface area contributed by atoms with Crippen LogP contribution in [-0.4, -0.2) is 32.1 Å². The van der Waals surface area contributed by atoms with Gasteiger partial charge in [0.1, 0.15) is 0 Å². The number of benzene rings is 1. The Morgan fingerprint density at radius 2 is 2.12 bits per heavy atom. The minimum atomic E-state index is -0.348. The summed E-state index contributed by atoms with van der Waals surface area (Å²) in [5.41, 5.74) is 2.19. The standard InChI is InChI=1S/C18H19N5O2S/c1-11-10-13-6-3-4-7-14(13)22(11)17(24)12(2)26-18-21-20-16(23(18)19)15-8-5-9-25-15/h3-9,11-12H,10,19H2,1-2H3/t11-,12+/m0/s1. The van der Waals surface area contributed by atoms with Crippen LogP contribution in [0, 0.1) is 0 Å². The molecule has 3 heterocycles. The number of carbonyl (C=O) groups excluding carboxylic acids is 1. The maximum atomic E-state index is 13.1. The van der Waals surface area contributed by atoms with Gasteiger partial charge in [-0.05, 0) is 44.0 Å². The number of para-hydroxylation sites is 1. The van der Waals surface area contributed by atoms with Crippen LogP contribution in [0.4, 0.5) is 5.69 Å². The topological polar surface area (TPSA) is 90.2 Å². The molecule has 26 heavy (non-hydrogen) atoms. The highest BCUT2D eigenvalue weighted by Crippen LogP contribution is 2.34. The van der Waals surface area contributed by atoms with Crippen LogP contribution in [0.5, 0.6) is 0 Å². The fraction of sp³-hybridized carbons (Fsp3) is 0.278. The summed E-state index contributed by atoms with van der Waals surface area (Å²) in [5.74, 6) is 7.09. The lowest BCUT2D eigenvalue weighted by molar-refractivity contribution is -0.118. The van der Waals surface area contributed by atoms with E-state index in [-0.39, 0.29) is 17.2 Å². The summed E-state index contributed by atoms with van der Waals surface area (Å²) in [6.45, 7) is 3.93. The summed E-state index contributed by atoms with van der Waals surface area (Å²) in [6, 6.07) is 11.7. The average Bonchev–Trinajstić information content (AvgIpc) is 3.33. The Bertz CT molecular complexity index is 937. The predicted molar refractivity (Wildman–Crippen MR) is 100 cm³/mol. The largest absolute Gasteiger partial charge is 0.461 e. The summed E-state index contributed by atoms with van der Waals surface area (Å²) in [4.78, 5) is 14.9. The molecule has 7 nitrogen and oxygen atoms in total. The number of nitrogens with zero attached hydrogens (tertiary/aromatic N) is 4. The van der Waals surface area contributed by atoms with Gasteiger partial charge in [-0.2, -0.15) is 0 Å². The third-order valence-electron chi connectivity index (χ3n) is 4.48. The van der Waals surface area contributed by atoms with Crippen molar-refractivity contribution in [1.29, 1.82) is 0 Å². The number of carbonyl (C=O) groups is 1. The Hall–Kier alpha value is -2.74. The second-order valence-corrected chi connectivity index (χ2v) is 7.61. The van der Waals surface area contributed by atoms with Crippen LogP contribution >= 0.6 is 11.8 Å². The number of anilines is 1. The van der Waals surface area contributed by atoms with E-state index >= 15 is 0 Å². The molecule has 1 amide bonds. The number of hydrogen-bond donors (Lipinski definition) is 1. The van der Waals surface area contributed by atoms with Gasteiger partial charge in [-0.1, -0.05) is 30.0 Å². The van der Waals surface area contributed by atoms with Gasteiger partial charge < -0.3 is 15.2 Å². The van der Waals surface area contributed by atoms with E-state index < -0.39 is 0 Å². The predicted octanol–water partition coefficient (Wildman–Crippen LogP) is 2.71. The smallest absolute Gasteiger partial charge is 0.240 e. The fourth-order valence-electron chi connectivity index (χ4n) is 3.24. The number of rotatable bonds is 4. The van der Waals surface area contributed by atoms with E-state index in [0.29, 0.717) is 16.7 Å². The molecule has 0 saturated heterocycles. The molecule has 2 N–H and O–H groups in total. The summed E-state index contributed by atoms with van der Waals surface area (Å²) in [5, 5.41) is 8.29. The molecule has 1 aromatic carbocycles. The third-order valence-corrected chi connectivity index (χ3v) is 5.53. The molecule has 0 fully saturated rings. The Morgan fingerprint density at radius 3 is 2.88 bits per heavy atom. The molecule has 0 radical (unpaired) electrons. The Balaban J connectivity index is 1.54. The zero-order chi connectivity index (χ0) is 18.3. The Morgan fingerprint density at radius 1 is 1.31 bits per heavy atom. The number of nitrogen functional groups attached to an aromatic ring is 1. The van der Waals surface area contributed by atoms with Crippen LogP contribution in [0.1, 0.15) is 19.4 Å². The first-order valence-corrected chi connectivity index (χ1v) is 9.26. The maximum Gasteiger partial charge on any atom is 0.240 e. The molecule has 1 aliphatic heterocycles. The number of hydrogen-bond acceptors (Lipinski definition) is 6. The first-order valence-electron chi connectivity index (χ1n) is 8.38. The third kappa shape index (κ3) is 2.76. The van der Waals surface area contributed by atoms with Crippen LogP contribution in [0.3, 0.4) is 0 Å². The highest BCUT2D eigenvalue weighted by atomic mass is 32.2. The van der Waals surface area contributed by atoms with Crippen molar-refractivity contribution in [1.82, 2.24) is 14.9 Å². The lowest BCUT2D eigenvalue weighted by atomic mass is 10.1. The highest BCUT2D eigenvalue weighted by Gasteiger charge is 2.34. The zero-order valence-corrected chi connectivity index (χ0v) is 15.3. The van der Waals surface area contributed by atoms with Crippen LogP contribution in [0.2, 0.25) is 0 Å². The molecule has 8 heteroatoms. The molecule has 3 aromatic rings. The number of furan rings is 1. The fourth-order valence-corrected chi connectivity index (χ4v) is 4.06. The van der Waals surface area contributed by atoms with E-state index in [1.54, 1.807) is 18.4 Å². The van der Waals surface area contributed by atoms with Gasteiger partial charge >= 0.3 is 0 Å². The molecule has 0 spiro atoms. The molecule has 1 aliphatic rings. The molecular formula is C18H19N5O2S. The summed E-state index contributed by atoms with van der Waals surface area (Å²) >= 11 is 1.29. The van der Waals surface area contributed by atoms with E-state index in [4.69, 9.17) is 10.3 Å². The van der Waals surface area contributed by atoms with Crippen molar-refractivity contribution in [2.45, 2.75) is 36.7 Å². The molecule has 4 rings (SSSR count). The first-order chi connectivity index (χ1) is 12.6. The summed E-state index contributed by atoms with van der Waals surface area (Å²) < 4.78 is 6.67. The normalized spacial score (nSPS) is 17.3. The number of nitrogens with two attached hydrogens (primary N) is 1. The maximum absolute atomic E-state index is 13.1. The Labute approximate surface area is 155 Å². The van der Waals surface area contributed by atoms with Crippen LogP contribution in [0.15, 0.2) is 52.2 Å². The molecule has 2 aromatic heterocycles. The van der Waals surface area contributed by atoms with Crippen molar-refractivity contribution in [2.24, 2.45) is 0 Å². The van der Waals surface area contributed by atoms with Gasteiger partial charge in [0.05, 0.1) is 11.5 Å². The van der Waals surface area contributed by atoms with Gasteiger partial charge in [0.15, 0.2) is 5.76 Å². The van der Waals surface area contributed by atoms with Crippen LogP contribution in [0.25, 0.3) is 11.6 Å². The minimum absolute atomic E-state index is 0.0370. The SMILES string of the molecule is C[C@@H](Sc1nnc(-c2ccco2)n1N)C(=O)N1c2ccccc2C[C@@H]1C. The van der Waals surface area contributed by atoms with E-state index in [9.17, 15) is 4.79 Å². The van der Waals surface area contributed by atoms with Crippen molar-refractivity contribution in [2.75, 3.05) is 10.7 Å². The molecule has 134 valence electrons. The first kappa shape index (κ1) is 16.7. The van der Waals surface area contributed by atoms with Crippen LogP contribution in [-0.2, 0) is 11.2 Å². The van der Waals surface area contributed by atoms with Crippen molar-refractivity contribution in [3.63, 3.8) is 0 Å². The zero-order valence-electron chi connectivity index (χ0n) is 14.5. The van der Waals surface area contributed by atoms with Crippen LogP contribution < -0.4 is 10.7 Å². The Kier molecular flexibility index (Phi) is 4.20. The van der Waals surface area contributed by atoms with Gasteiger partial charge in [-0.25, -0.2) is 4.68 Å². The van der Waals surface area contributed by atoms with Gasteiger partial charge in [-0.3, -0.25) is 4.79 Å². The van der Waals surface area contributed by atoms with E-state index in [1.165, 1.54) is 22.0 Å². The highest BCUT2D eigenvalue weighted by molar-refractivity contribution is 8.00. The van der Waals surface area contributed by atoms with Crippen molar-refractivity contribution in [3.05, 3.63) is 48.2 Å². The average molecular weight is 369 g/mol. The second-order valence-electron chi connectivity index (χ2n) is 6.30. The van der Waals surface area contributed by atoms with Gasteiger partial charge in [-0.15, -0.1) is 10.2 Å². The van der Waals surface area contributed by atoms with E-state index in [1.807, 2.05) is 30.0 Å². The van der Waals surface area contributed by atoms with Crippen molar-refractivity contribution < 1.29 is 9.21 Å². The van der Waals surface area contributed by atoms with Gasteiger partial charge in [0, 0.05) is 11.7 Å².